The van der Waals surface area contributed by atoms with Gasteiger partial charge in [0.15, 0.2) is 0 Å². The molecule has 0 radical (unpaired) electrons. The van der Waals surface area contributed by atoms with E-state index in [2.05, 4.69) is 249 Å². The van der Waals surface area contributed by atoms with Crippen LogP contribution in [0.25, 0.3) is 11.0 Å². The molecule has 0 bridgehead atoms. The molecule has 12 rings (SSSR count). The molecule has 0 atom stereocenters. The Morgan fingerprint density at radius 2 is 1.01 bits per heavy atom. The Morgan fingerprint density at radius 3 is 1.58 bits per heavy atom. The highest BCUT2D eigenvalue weighted by Gasteiger charge is 2.50. The van der Waals surface area contributed by atoms with Crippen LogP contribution in [0.5, 0.6) is 0 Å². The van der Waals surface area contributed by atoms with E-state index in [0.29, 0.717) is 5.92 Å². The fraction of sp³-hybridized carbons (Fsp3) is 0.333. The fourth-order valence-corrected chi connectivity index (χ4v) is 14.1. The summed E-state index contributed by atoms with van der Waals surface area (Å²) in [5.41, 5.74) is 22.2. The van der Waals surface area contributed by atoms with Crippen molar-refractivity contribution in [3.05, 3.63) is 173 Å². The zero-order chi connectivity index (χ0) is 50.4. The van der Waals surface area contributed by atoms with Crippen molar-refractivity contribution < 1.29 is 4.42 Å². The van der Waals surface area contributed by atoms with E-state index in [1.165, 1.54) is 66.4 Å². The van der Waals surface area contributed by atoms with Gasteiger partial charge in [-0.2, -0.15) is 0 Å². The van der Waals surface area contributed by atoms with Crippen LogP contribution in [0.4, 0.5) is 51.2 Å². The number of hydrogen-bond donors (Lipinski definition) is 0. The van der Waals surface area contributed by atoms with Gasteiger partial charge in [-0.25, -0.2) is 0 Å². The molecule has 3 heterocycles. The second-order valence-corrected chi connectivity index (χ2v) is 30.8. The predicted octanol–water partition coefficient (Wildman–Crippen LogP) is 16.4. The predicted molar refractivity (Wildman–Crippen MR) is 313 cm³/mol. The number of hydrogen-bond acceptors (Lipinski definition) is 4. The summed E-state index contributed by atoms with van der Waals surface area (Å²) in [4.78, 5) is 7.68. The van der Waals surface area contributed by atoms with Gasteiger partial charge in [0.1, 0.15) is 5.58 Å². The largest absolute Gasteiger partial charge is 0.468 e. The number of para-hydroxylation sites is 2. The first-order chi connectivity index (χ1) is 34.1. The van der Waals surface area contributed by atoms with Crippen LogP contribution in [-0.2, 0) is 21.7 Å². The molecule has 0 spiro atoms. The van der Waals surface area contributed by atoms with Gasteiger partial charge >= 0.3 is 0 Å². The number of benzene rings is 7. The van der Waals surface area contributed by atoms with Crippen molar-refractivity contribution in [2.45, 2.75) is 142 Å². The van der Waals surface area contributed by atoms with Gasteiger partial charge in [-0.05, 0) is 171 Å². The maximum atomic E-state index is 7.68. The Balaban J connectivity index is 1.24. The van der Waals surface area contributed by atoms with Crippen LogP contribution in [0.15, 0.2) is 150 Å². The van der Waals surface area contributed by atoms with Crippen LogP contribution in [0.3, 0.4) is 0 Å². The van der Waals surface area contributed by atoms with Crippen LogP contribution < -0.4 is 36.5 Å². The summed E-state index contributed by atoms with van der Waals surface area (Å²) in [7, 11) is -1.57. The molecular formula is C66H72BN3OSi. The van der Waals surface area contributed by atoms with E-state index >= 15 is 0 Å². The third-order valence-corrected chi connectivity index (χ3v) is 19.8. The van der Waals surface area contributed by atoms with Crippen molar-refractivity contribution in [2.24, 2.45) is 0 Å². The van der Waals surface area contributed by atoms with Gasteiger partial charge in [0.2, 0.25) is 0 Å². The summed E-state index contributed by atoms with van der Waals surface area (Å²) in [6, 6.07) is 56.2. The Labute approximate surface area is 431 Å². The zero-order valence-corrected chi connectivity index (χ0v) is 46.1. The molecule has 4 aliphatic rings. The molecule has 72 heavy (non-hydrogen) atoms. The van der Waals surface area contributed by atoms with Crippen molar-refractivity contribution >= 4 is 98.7 Å². The third-order valence-electron chi connectivity index (χ3n) is 17.7. The molecule has 364 valence electrons. The van der Waals surface area contributed by atoms with E-state index in [9.17, 15) is 0 Å². The van der Waals surface area contributed by atoms with Crippen LogP contribution in [0, 0.1) is 0 Å². The summed E-state index contributed by atoms with van der Waals surface area (Å²) in [6.07, 6.45) is 4.58. The Bertz CT molecular complexity index is 3430. The molecule has 0 saturated heterocycles. The fourth-order valence-electron chi connectivity index (χ4n) is 13.0. The minimum Gasteiger partial charge on any atom is -0.468 e. The molecular weight excluding hydrogens is 890 g/mol. The Kier molecular flexibility index (Phi) is 10.5. The molecule has 0 amide bonds. The first-order valence-electron chi connectivity index (χ1n) is 26.8. The van der Waals surface area contributed by atoms with Crippen LogP contribution in [0.2, 0.25) is 19.6 Å². The van der Waals surface area contributed by atoms with E-state index in [4.69, 9.17) is 4.42 Å². The topological polar surface area (TPSA) is 22.9 Å². The zero-order valence-electron chi connectivity index (χ0n) is 45.1. The molecule has 8 aromatic rings. The molecule has 0 unspecified atom stereocenters. The number of anilines is 9. The second kappa shape index (κ2) is 16.1. The minimum atomic E-state index is -1.57. The SMILES string of the molecule is CC(C)c1ccc(N2c3cc4c(cc3B3c5oc6cc7c(cc6c5N(c5ccccc5)c5cc(N(c6ccccc6)c6ccc([Si](C)(C)C)cc6)cc2c53)C(C)(C)CCC7(C)C)C(C)(C)CCC4(C)C)cc1. The lowest BCUT2D eigenvalue weighted by Gasteiger charge is -2.47. The van der Waals surface area contributed by atoms with Gasteiger partial charge < -0.3 is 19.1 Å². The first-order valence-corrected chi connectivity index (χ1v) is 30.3. The molecule has 1 aromatic heterocycles. The van der Waals surface area contributed by atoms with Crippen molar-refractivity contribution in [3.8, 4) is 0 Å². The van der Waals surface area contributed by atoms with Gasteiger partial charge in [-0.15, -0.1) is 0 Å². The van der Waals surface area contributed by atoms with E-state index in [1.807, 2.05) is 0 Å². The highest BCUT2D eigenvalue weighted by Crippen LogP contribution is 2.54. The van der Waals surface area contributed by atoms with Crippen LogP contribution >= 0.6 is 0 Å². The highest BCUT2D eigenvalue weighted by molar-refractivity contribution is 7.00. The van der Waals surface area contributed by atoms with Crippen molar-refractivity contribution in [2.75, 3.05) is 14.7 Å². The van der Waals surface area contributed by atoms with E-state index in [-0.39, 0.29) is 28.4 Å². The summed E-state index contributed by atoms with van der Waals surface area (Å²) < 4.78 is 7.68. The molecule has 0 fully saturated rings. The maximum absolute atomic E-state index is 7.68. The lowest BCUT2D eigenvalue weighted by Crippen LogP contribution is -2.61. The molecule has 0 N–H and O–H groups in total. The van der Waals surface area contributed by atoms with Gasteiger partial charge in [-0.1, -0.05) is 161 Å². The lowest BCUT2D eigenvalue weighted by atomic mass is 9.35. The van der Waals surface area contributed by atoms with Crippen LogP contribution in [-0.4, -0.2) is 14.8 Å². The molecule has 6 heteroatoms. The first kappa shape index (κ1) is 46.8. The molecule has 0 saturated carbocycles. The highest BCUT2D eigenvalue weighted by atomic mass is 28.3. The number of furan rings is 1. The van der Waals surface area contributed by atoms with Gasteiger partial charge in [0.05, 0.1) is 25.1 Å². The number of rotatable bonds is 7. The average molecular weight is 962 g/mol. The summed E-state index contributed by atoms with van der Waals surface area (Å²) >= 11 is 0. The lowest BCUT2D eigenvalue weighted by molar-refractivity contribution is 0.332. The van der Waals surface area contributed by atoms with E-state index in [1.54, 1.807) is 0 Å². The normalized spacial score (nSPS) is 17.8. The average Bonchev–Trinajstić information content (AvgIpc) is 3.72. The summed E-state index contributed by atoms with van der Waals surface area (Å²) in [5.74, 6) is 0.419. The maximum Gasteiger partial charge on any atom is 0.297 e. The number of fused-ring (bicyclic) bond motifs is 8. The summed E-state index contributed by atoms with van der Waals surface area (Å²) in [5, 5.41) is 2.64. The minimum absolute atomic E-state index is 0.00635. The van der Waals surface area contributed by atoms with Gasteiger partial charge in [0.25, 0.3) is 6.71 Å². The number of nitrogens with zero attached hydrogens (tertiary/aromatic N) is 3. The van der Waals surface area contributed by atoms with Gasteiger partial charge in [0, 0.05) is 45.2 Å². The van der Waals surface area contributed by atoms with E-state index in [0.717, 1.165) is 71.1 Å². The van der Waals surface area contributed by atoms with Crippen molar-refractivity contribution in [1.29, 1.82) is 0 Å². The smallest absolute Gasteiger partial charge is 0.297 e. The molecule has 2 aliphatic carbocycles. The Morgan fingerprint density at radius 1 is 0.514 bits per heavy atom. The van der Waals surface area contributed by atoms with Crippen molar-refractivity contribution in [3.63, 3.8) is 0 Å². The standard InChI is InChI=1S/C66H72BN3OSi/c1-42(2)43-24-26-47(27-25-43)69-56-40-53-52(64(5,6)33-34-65(53,7)8)39-55(56)67-60-57(69)36-48(68(44-20-16-14-17-21-44)46-28-30-49(31-29-46)72(11,12)13)37-58(60)70(45-22-18-15-19-23-45)61-50-38-51-54(41-59(50)71-62(61)67)66(9,10)35-32-63(51,3)4/h14-31,36-42H,32-35H2,1-13H3. The molecule has 2 aliphatic heterocycles. The third kappa shape index (κ3) is 7.28. The Hall–Kier alpha value is -6.24. The molecule has 4 nitrogen and oxygen atoms in total. The van der Waals surface area contributed by atoms with Crippen LogP contribution in [0.1, 0.15) is 129 Å². The van der Waals surface area contributed by atoms with Gasteiger partial charge in [-0.3, -0.25) is 0 Å². The van der Waals surface area contributed by atoms with Crippen molar-refractivity contribution in [1.82, 2.24) is 0 Å². The van der Waals surface area contributed by atoms with E-state index < -0.39 is 8.07 Å². The summed E-state index contributed by atoms with van der Waals surface area (Å²) in [6.45, 7) is 31.3. The molecule has 7 aromatic carbocycles. The quantitative estimate of drug-likeness (QED) is 0.149. The monoisotopic (exact) mass is 962 g/mol. The second-order valence-electron chi connectivity index (χ2n) is 25.8.